The van der Waals surface area contributed by atoms with Crippen LogP contribution >= 0.6 is 23.1 Å². The topological polar surface area (TPSA) is 40.5 Å². The van der Waals surface area contributed by atoms with Crippen LogP contribution in [0.2, 0.25) is 0 Å². The van der Waals surface area contributed by atoms with Gasteiger partial charge in [-0.2, -0.15) is 0 Å². The summed E-state index contributed by atoms with van der Waals surface area (Å²) in [4.78, 5) is 16.2. The summed E-state index contributed by atoms with van der Waals surface area (Å²) in [5.74, 6) is 0.0920. The molecule has 1 unspecified atom stereocenters. The molecule has 5 heteroatoms. The van der Waals surface area contributed by atoms with Crippen LogP contribution in [-0.2, 0) is 4.79 Å². The zero-order valence-electron chi connectivity index (χ0n) is 15.0. The molecule has 27 heavy (non-hydrogen) atoms. The average molecular weight is 396 g/mol. The normalized spacial score (nSPS) is 20.8. The van der Waals surface area contributed by atoms with Gasteiger partial charge >= 0.3 is 0 Å². The Hall–Kier alpha value is -2.08. The van der Waals surface area contributed by atoms with Gasteiger partial charge in [-0.1, -0.05) is 60.3 Å². The van der Waals surface area contributed by atoms with E-state index >= 15 is 0 Å². The molecule has 1 fully saturated rings. The minimum absolute atomic E-state index is 0.00558. The number of aliphatic hydroxyl groups excluding tert-OH is 1. The lowest BCUT2D eigenvalue weighted by Crippen LogP contribution is -2.36. The Morgan fingerprint density at radius 1 is 1.04 bits per heavy atom. The van der Waals surface area contributed by atoms with Crippen molar-refractivity contribution in [2.24, 2.45) is 0 Å². The number of hydrogen-bond acceptors (Lipinski definition) is 4. The van der Waals surface area contributed by atoms with Crippen LogP contribution in [0.4, 0.5) is 0 Å². The van der Waals surface area contributed by atoms with E-state index in [0.717, 1.165) is 14.6 Å². The first-order valence-electron chi connectivity index (χ1n) is 8.95. The van der Waals surface area contributed by atoms with Crippen LogP contribution in [0.25, 0.3) is 0 Å². The Balaban J connectivity index is 1.57. The highest BCUT2D eigenvalue weighted by Crippen LogP contribution is 2.43. The Kier molecular flexibility index (Phi) is 5.34. The van der Waals surface area contributed by atoms with Gasteiger partial charge in [0.15, 0.2) is 0 Å². The first-order valence-corrected chi connectivity index (χ1v) is 10.6. The molecule has 138 valence electrons. The minimum Gasteiger partial charge on any atom is -0.385 e. The fourth-order valence-electron chi connectivity index (χ4n) is 3.66. The molecule has 3 nitrogen and oxygen atoms in total. The molecule has 1 amide bonds. The van der Waals surface area contributed by atoms with E-state index in [1.165, 1.54) is 4.90 Å². The van der Waals surface area contributed by atoms with E-state index in [9.17, 15) is 9.90 Å². The van der Waals surface area contributed by atoms with Crippen LogP contribution in [0.3, 0.4) is 0 Å². The van der Waals surface area contributed by atoms with Gasteiger partial charge in [0.25, 0.3) is 0 Å². The third-order valence-corrected chi connectivity index (χ3v) is 7.35. The van der Waals surface area contributed by atoms with Gasteiger partial charge in [0.1, 0.15) is 6.10 Å². The molecule has 1 N–H and O–H groups in total. The van der Waals surface area contributed by atoms with Crippen molar-refractivity contribution in [2.75, 3.05) is 7.05 Å². The molecule has 1 aliphatic heterocycles. The molecule has 0 radical (unpaired) electrons. The van der Waals surface area contributed by atoms with Crippen LogP contribution in [-0.4, -0.2) is 29.0 Å². The number of nitrogens with zero attached hydrogens (tertiary/aromatic N) is 1. The summed E-state index contributed by atoms with van der Waals surface area (Å²) in [5, 5.41) is 11.1. The van der Waals surface area contributed by atoms with Gasteiger partial charge in [0.2, 0.25) is 5.91 Å². The zero-order chi connectivity index (χ0) is 18.8. The van der Waals surface area contributed by atoms with E-state index in [1.807, 2.05) is 54.6 Å². The standard InChI is InChI=1S/C22H21NO2S2/c1-23-19(24)14-17(15-8-4-2-5-9-15)21(23)22(25)18-12-13-20(27-18)26-16-10-6-3-7-11-16/h2-13,17,21-22,25H,14H2,1H3/t17-,21-,22?/m1/s1. The fraction of sp³-hybridized carbons (Fsp3) is 0.227. The monoisotopic (exact) mass is 395 g/mol. The number of hydrogen-bond donors (Lipinski definition) is 1. The lowest BCUT2D eigenvalue weighted by atomic mass is 9.88. The Morgan fingerprint density at radius 2 is 1.70 bits per heavy atom. The maximum Gasteiger partial charge on any atom is 0.223 e. The van der Waals surface area contributed by atoms with Crippen molar-refractivity contribution in [3.05, 3.63) is 83.2 Å². The predicted octanol–water partition coefficient (Wildman–Crippen LogP) is 4.95. The van der Waals surface area contributed by atoms with Crippen LogP contribution in [0, 0.1) is 0 Å². The smallest absolute Gasteiger partial charge is 0.223 e. The minimum atomic E-state index is -0.693. The molecule has 2 aromatic carbocycles. The van der Waals surface area contributed by atoms with E-state index in [2.05, 4.69) is 18.2 Å². The third kappa shape index (κ3) is 3.81. The van der Waals surface area contributed by atoms with Gasteiger partial charge in [-0.15, -0.1) is 11.3 Å². The van der Waals surface area contributed by atoms with Crippen molar-refractivity contribution in [2.45, 2.75) is 33.6 Å². The number of benzene rings is 2. The number of carbonyl (C=O) groups is 1. The quantitative estimate of drug-likeness (QED) is 0.665. The summed E-state index contributed by atoms with van der Waals surface area (Å²) in [7, 11) is 1.80. The fourth-order valence-corrected chi connectivity index (χ4v) is 5.83. The summed E-state index contributed by atoms with van der Waals surface area (Å²) in [6.07, 6.45) is -0.249. The molecule has 0 aliphatic carbocycles. The molecule has 0 saturated carbocycles. The van der Waals surface area contributed by atoms with Crippen molar-refractivity contribution in [1.29, 1.82) is 0 Å². The summed E-state index contributed by atoms with van der Waals surface area (Å²) >= 11 is 3.29. The van der Waals surface area contributed by atoms with Crippen molar-refractivity contribution >= 4 is 29.0 Å². The molecule has 3 aromatic rings. The third-order valence-electron chi connectivity index (χ3n) is 5.05. The summed E-state index contributed by atoms with van der Waals surface area (Å²) < 4.78 is 1.14. The van der Waals surface area contributed by atoms with E-state index in [0.29, 0.717) is 6.42 Å². The largest absolute Gasteiger partial charge is 0.385 e. The van der Waals surface area contributed by atoms with Crippen LogP contribution < -0.4 is 0 Å². The second-order valence-corrected chi connectivity index (χ2v) is 9.22. The molecular formula is C22H21NO2S2. The Labute approximate surface area is 167 Å². The van der Waals surface area contributed by atoms with E-state index in [1.54, 1.807) is 35.0 Å². The van der Waals surface area contributed by atoms with E-state index in [-0.39, 0.29) is 17.9 Å². The summed E-state index contributed by atoms with van der Waals surface area (Å²) in [6.45, 7) is 0. The second-order valence-electron chi connectivity index (χ2n) is 6.73. The molecule has 3 atom stereocenters. The van der Waals surface area contributed by atoms with E-state index in [4.69, 9.17) is 0 Å². The highest BCUT2D eigenvalue weighted by molar-refractivity contribution is 8.01. The predicted molar refractivity (Wildman–Crippen MR) is 110 cm³/mol. The molecule has 1 aromatic heterocycles. The van der Waals surface area contributed by atoms with Gasteiger partial charge in [0, 0.05) is 29.2 Å². The first-order chi connectivity index (χ1) is 13.1. The van der Waals surface area contributed by atoms with Crippen molar-refractivity contribution in [3.63, 3.8) is 0 Å². The number of aliphatic hydroxyl groups is 1. The number of likely N-dealkylation sites (tertiary alicyclic amines) is 1. The maximum absolute atomic E-state index is 12.4. The number of likely N-dealkylation sites (N-methyl/N-ethyl adjacent to an activating group) is 1. The molecule has 0 bridgehead atoms. The highest BCUT2D eigenvalue weighted by atomic mass is 32.2. The molecule has 1 aliphatic rings. The maximum atomic E-state index is 12.4. The highest BCUT2D eigenvalue weighted by Gasteiger charge is 2.43. The Bertz CT molecular complexity index is 910. The molecular weight excluding hydrogens is 374 g/mol. The number of rotatable bonds is 5. The number of amides is 1. The number of thiophene rings is 1. The summed E-state index contributed by atoms with van der Waals surface area (Å²) in [6, 6.07) is 24.0. The first kappa shape index (κ1) is 18.3. The molecule has 1 saturated heterocycles. The zero-order valence-corrected chi connectivity index (χ0v) is 16.6. The number of carbonyl (C=O) groups excluding carboxylic acids is 1. The van der Waals surface area contributed by atoms with Gasteiger partial charge in [0.05, 0.1) is 10.3 Å². The summed E-state index contributed by atoms with van der Waals surface area (Å²) in [5.41, 5.74) is 1.11. The second kappa shape index (κ2) is 7.89. The van der Waals surface area contributed by atoms with Crippen LogP contribution in [0.1, 0.15) is 28.9 Å². The lowest BCUT2D eigenvalue weighted by Gasteiger charge is -2.29. The van der Waals surface area contributed by atoms with Crippen LogP contribution in [0.15, 0.2) is 81.9 Å². The van der Waals surface area contributed by atoms with Crippen molar-refractivity contribution < 1.29 is 9.90 Å². The molecule has 0 spiro atoms. The average Bonchev–Trinajstić information content (AvgIpc) is 3.28. The van der Waals surface area contributed by atoms with Gasteiger partial charge in [-0.25, -0.2) is 0 Å². The van der Waals surface area contributed by atoms with Crippen LogP contribution in [0.5, 0.6) is 0 Å². The van der Waals surface area contributed by atoms with Gasteiger partial charge in [-0.3, -0.25) is 4.79 Å². The van der Waals surface area contributed by atoms with Crippen molar-refractivity contribution in [1.82, 2.24) is 4.90 Å². The SMILES string of the molecule is CN1C(=O)C[C@H](c2ccccc2)[C@@H]1C(O)c1ccc(Sc2ccccc2)s1. The van der Waals surface area contributed by atoms with Gasteiger partial charge in [-0.05, 0) is 29.8 Å². The Morgan fingerprint density at radius 3 is 2.41 bits per heavy atom. The van der Waals surface area contributed by atoms with Crippen molar-refractivity contribution in [3.8, 4) is 0 Å². The van der Waals surface area contributed by atoms with E-state index < -0.39 is 6.10 Å². The molecule has 2 heterocycles. The molecule has 4 rings (SSSR count). The van der Waals surface area contributed by atoms with Gasteiger partial charge < -0.3 is 10.0 Å². The lowest BCUT2D eigenvalue weighted by molar-refractivity contribution is -0.128.